The minimum absolute atomic E-state index is 0.0427. The van der Waals surface area contributed by atoms with E-state index in [1.807, 2.05) is 0 Å². The summed E-state index contributed by atoms with van der Waals surface area (Å²) in [6.45, 7) is 0. The van der Waals surface area contributed by atoms with Crippen LogP contribution in [0.15, 0.2) is 63.1 Å². The number of hydrogen-bond donors (Lipinski definition) is 1. The van der Waals surface area contributed by atoms with Crippen LogP contribution >= 0.6 is 11.8 Å². The molecule has 4 rings (SSSR count). The van der Waals surface area contributed by atoms with Gasteiger partial charge < -0.3 is 5.73 Å². The van der Waals surface area contributed by atoms with Gasteiger partial charge in [-0.3, -0.25) is 14.4 Å². The van der Waals surface area contributed by atoms with Gasteiger partial charge in [0.05, 0.1) is 21.1 Å². The van der Waals surface area contributed by atoms with Crippen molar-refractivity contribution in [2.75, 3.05) is 0 Å². The summed E-state index contributed by atoms with van der Waals surface area (Å²) < 4.78 is 38.8. The molecule has 0 amide bonds. The van der Waals surface area contributed by atoms with Crippen LogP contribution in [-0.4, -0.2) is 17.3 Å². The zero-order valence-corrected chi connectivity index (χ0v) is 14.3. The van der Waals surface area contributed by atoms with Gasteiger partial charge in [0.25, 0.3) is 0 Å². The monoisotopic (exact) mass is 389 g/mol. The van der Waals surface area contributed by atoms with Crippen molar-refractivity contribution in [2.45, 2.75) is 12.6 Å². The Morgan fingerprint density at radius 3 is 2.52 bits per heavy atom. The van der Waals surface area contributed by atoms with Crippen LogP contribution in [0.5, 0.6) is 0 Å². The van der Waals surface area contributed by atoms with Gasteiger partial charge in [-0.15, -0.1) is 0 Å². The summed E-state index contributed by atoms with van der Waals surface area (Å²) in [7, 11) is 0. The highest BCUT2D eigenvalue weighted by molar-refractivity contribution is 8.08. The lowest BCUT2D eigenvalue weighted by molar-refractivity contribution is -0.137. The van der Waals surface area contributed by atoms with Crippen LogP contribution in [0.25, 0.3) is 5.57 Å². The highest BCUT2D eigenvalue weighted by Crippen LogP contribution is 2.44. The number of rotatable bonds is 2. The second-order valence-corrected chi connectivity index (χ2v) is 7.27. The van der Waals surface area contributed by atoms with E-state index >= 15 is 0 Å². The number of alkyl halides is 3. The first kappa shape index (κ1) is 17.5. The zero-order valence-electron chi connectivity index (χ0n) is 13.5. The fourth-order valence-corrected chi connectivity index (χ4v) is 3.90. The Hall–Kier alpha value is -2.87. The number of benzene rings is 1. The van der Waals surface area contributed by atoms with Gasteiger partial charge in [-0.1, -0.05) is 23.9 Å². The van der Waals surface area contributed by atoms with Crippen molar-refractivity contribution in [3.63, 3.8) is 0 Å². The molecule has 0 radical (unpaired) electrons. The smallest absolute Gasteiger partial charge is 0.393 e. The van der Waals surface area contributed by atoms with E-state index in [-0.39, 0.29) is 38.2 Å². The maximum atomic E-state index is 12.9. The van der Waals surface area contributed by atoms with E-state index in [0.29, 0.717) is 17.6 Å². The van der Waals surface area contributed by atoms with Gasteiger partial charge in [-0.2, -0.15) is 13.2 Å². The lowest BCUT2D eigenvalue weighted by Crippen LogP contribution is -2.08. The average Bonchev–Trinajstić information content (AvgIpc) is 3.35. The minimum Gasteiger partial charge on any atom is -0.393 e. The third-order valence-corrected chi connectivity index (χ3v) is 5.34. The molecular formula is C19H10F3NO3S. The van der Waals surface area contributed by atoms with Gasteiger partial charge >= 0.3 is 6.18 Å². The van der Waals surface area contributed by atoms with Crippen molar-refractivity contribution in [2.24, 2.45) is 5.73 Å². The van der Waals surface area contributed by atoms with Crippen molar-refractivity contribution in [1.29, 1.82) is 0 Å². The van der Waals surface area contributed by atoms with Gasteiger partial charge in [-0.05, 0) is 29.8 Å². The molecule has 0 fully saturated rings. The van der Waals surface area contributed by atoms with E-state index in [0.717, 1.165) is 23.9 Å². The molecule has 3 aliphatic rings. The molecule has 0 atom stereocenters. The van der Waals surface area contributed by atoms with Gasteiger partial charge in [0.15, 0.2) is 11.6 Å². The van der Waals surface area contributed by atoms with Crippen LogP contribution in [-0.2, 0) is 20.6 Å². The molecular weight excluding hydrogens is 379 g/mol. The van der Waals surface area contributed by atoms with Crippen molar-refractivity contribution < 1.29 is 27.6 Å². The molecule has 4 nitrogen and oxygen atoms in total. The molecule has 0 saturated carbocycles. The molecule has 0 saturated heterocycles. The van der Waals surface area contributed by atoms with Gasteiger partial charge in [-0.25, -0.2) is 0 Å². The van der Waals surface area contributed by atoms with Gasteiger partial charge in [0.1, 0.15) is 0 Å². The molecule has 2 N–H and O–H groups in total. The number of thioether (sulfide) groups is 1. The zero-order chi connectivity index (χ0) is 19.5. The van der Waals surface area contributed by atoms with Gasteiger partial charge in [0, 0.05) is 23.1 Å². The normalized spacial score (nSPS) is 21.2. The number of halogens is 3. The highest BCUT2D eigenvalue weighted by atomic mass is 32.2. The maximum Gasteiger partial charge on any atom is 0.416 e. The summed E-state index contributed by atoms with van der Waals surface area (Å²) >= 11 is 0.869. The van der Waals surface area contributed by atoms with Crippen LogP contribution in [0.1, 0.15) is 17.5 Å². The van der Waals surface area contributed by atoms with Crippen molar-refractivity contribution in [1.82, 2.24) is 0 Å². The Balaban J connectivity index is 1.67. The minimum atomic E-state index is -4.55. The fourth-order valence-electron chi connectivity index (χ4n) is 2.97. The lowest BCUT2D eigenvalue weighted by Gasteiger charge is -2.09. The molecule has 0 aromatic heterocycles. The number of carbonyl (C=O) groups excluding carboxylic acids is 3. The Labute approximate surface area is 155 Å². The molecule has 1 aromatic rings. The van der Waals surface area contributed by atoms with Crippen molar-refractivity contribution in [3.8, 4) is 0 Å². The molecule has 0 spiro atoms. The Kier molecular flexibility index (Phi) is 3.78. The summed E-state index contributed by atoms with van der Waals surface area (Å²) in [5.74, 6) is -1.14. The predicted molar refractivity (Wildman–Crippen MR) is 93.0 cm³/mol. The standard InChI is InChI=1S/C19H10F3NO3S/c20-19(21,22)10-3-1-2-8(4-10)15-17(26)14(27-18(15)23)6-9-5-13(24)11-7-12(11)16(9)25/h1-6H,7,23H2. The van der Waals surface area contributed by atoms with Crippen LogP contribution in [0.4, 0.5) is 13.2 Å². The molecule has 0 unspecified atom stereocenters. The number of nitrogens with two attached hydrogens (primary N) is 1. The fraction of sp³-hybridized carbons (Fsp3) is 0.105. The van der Waals surface area contributed by atoms with E-state index in [1.54, 1.807) is 0 Å². The topological polar surface area (TPSA) is 77.2 Å². The molecule has 1 aliphatic heterocycles. The molecule has 2 aliphatic carbocycles. The Morgan fingerprint density at radius 1 is 1.07 bits per heavy atom. The van der Waals surface area contributed by atoms with Crippen molar-refractivity contribution in [3.05, 3.63) is 74.2 Å². The largest absolute Gasteiger partial charge is 0.416 e. The highest BCUT2D eigenvalue weighted by Gasteiger charge is 2.39. The third kappa shape index (κ3) is 2.95. The summed E-state index contributed by atoms with van der Waals surface area (Å²) in [4.78, 5) is 36.7. The second kappa shape index (κ2) is 5.82. The Morgan fingerprint density at radius 2 is 1.81 bits per heavy atom. The van der Waals surface area contributed by atoms with E-state index in [1.165, 1.54) is 24.3 Å². The number of ketones is 3. The Bertz CT molecular complexity index is 1070. The first-order valence-corrected chi connectivity index (χ1v) is 8.63. The summed E-state index contributed by atoms with van der Waals surface area (Å²) in [6.07, 6.45) is -1.73. The number of Topliss-reactive ketones (excluding diaryl/α,β-unsaturated/α-hetero) is 2. The van der Waals surface area contributed by atoms with Crippen LogP contribution < -0.4 is 5.73 Å². The molecule has 0 bridgehead atoms. The number of hydrogen-bond acceptors (Lipinski definition) is 5. The molecule has 27 heavy (non-hydrogen) atoms. The average molecular weight is 389 g/mol. The van der Waals surface area contributed by atoms with Crippen LogP contribution in [0.3, 0.4) is 0 Å². The predicted octanol–water partition coefficient (Wildman–Crippen LogP) is 3.31. The molecule has 1 heterocycles. The van der Waals surface area contributed by atoms with Gasteiger partial charge in [0.2, 0.25) is 5.78 Å². The van der Waals surface area contributed by atoms with E-state index in [9.17, 15) is 27.6 Å². The van der Waals surface area contributed by atoms with Crippen LogP contribution in [0, 0.1) is 0 Å². The number of allylic oxidation sites excluding steroid dienone is 7. The lowest BCUT2D eigenvalue weighted by atomic mass is 9.98. The van der Waals surface area contributed by atoms with E-state index < -0.39 is 17.5 Å². The first-order valence-electron chi connectivity index (χ1n) is 7.81. The molecule has 1 aromatic carbocycles. The number of carbonyl (C=O) groups is 3. The molecule has 136 valence electrons. The summed E-state index contributed by atoms with van der Waals surface area (Å²) in [6, 6.07) is 4.33. The summed E-state index contributed by atoms with van der Waals surface area (Å²) in [5, 5.41) is 0.0482. The van der Waals surface area contributed by atoms with E-state index in [2.05, 4.69) is 0 Å². The van der Waals surface area contributed by atoms with Crippen LogP contribution in [0.2, 0.25) is 0 Å². The maximum absolute atomic E-state index is 12.9. The second-order valence-electron chi connectivity index (χ2n) is 6.18. The van der Waals surface area contributed by atoms with Crippen molar-refractivity contribution >= 4 is 34.7 Å². The third-order valence-electron chi connectivity index (χ3n) is 4.40. The quantitative estimate of drug-likeness (QED) is 0.620. The SMILES string of the molecule is NC1=C(c2cccc(C(F)(F)F)c2)C(=O)C(=CC2=CC(=O)C3=C(C3)C2=O)S1. The molecule has 8 heteroatoms. The first-order chi connectivity index (χ1) is 12.7. The summed E-state index contributed by atoms with van der Waals surface area (Å²) in [5.41, 5.74) is 6.02. The van der Waals surface area contributed by atoms with E-state index in [4.69, 9.17) is 5.73 Å².